The van der Waals surface area contributed by atoms with Gasteiger partial charge in [-0.2, -0.15) is 0 Å². The van der Waals surface area contributed by atoms with Gasteiger partial charge in [-0.1, -0.05) is 24.3 Å². The summed E-state index contributed by atoms with van der Waals surface area (Å²) in [4.78, 5) is 18.0. The fourth-order valence-electron chi connectivity index (χ4n) is 4.21. The van der Waals surface area contributed by atoms with Crippen molar-refractivity contribution in [2.24, 2.45) is 0 Å². The van der Waals surface area contributed by atoms with E-state index in [1.165, 1.54) is 0 Å². The van der Waals surface area contributed by atoms with Crippen molar-refractivity contribution in [1.82, 2.24) is 9.88 Å². The van der Waals surface area contributed by atoms with Gasteiger partial charge in [-0.15, -0.1) is 0 Å². The van der Waals surface area contributed by atoms with Crippen LogP contribution < -0.4 is 25.1 Å². The number of ether oxygens (including phenoxy) is 3. The Morgan fingerprint density at radius 2 is 1.86 bits per heavy atom. The number of anilines is 1. The highest BCUT2D eigenvalue weighted by Gasteiger charge is 2.18. The normalized spacial score (nSPS) is 11.9. The maximum atomic E-state index is 13.0. The third-order valence-electron chi connectivity index (χ3n) is 6.04. The minimum Gasteiger partial charge on any atom is -0.494 e. The third-order valence-corrected chi connectivity index (χ3v) is 6.40. The Kier molecular flexibility index (Phi) is 6.77. The minimum absolute atomic E-state index is 0.128. The third kappa shape index (κ3) is 5.13. The molecule has 1 aromatic heterocycles. The van der Waals surface area contributed by atoms with Crippen LogP contribution in [0.5, 0.6) is 17.2 Å². The molecule has 0 amide bonds. The van der Waals surface area contributed by atoms with Crippen LogP contribution in [0.3, 0.4) is 0 Å². The molecule has 7 nitrogen and oxygen atoms in total. The van der Waals surface area contributed by atoms with Crippen molar-refractivity contribution in [2.45, 2.75) is 26.9 Å². The van der Waals surface area contributed by atoms with Crippen molar-refractivity contribution >= 4 is 33.9 Å². The van der Waals surface area contributed by atoms with E-state index in [0.717, 1.165) is 39.2 Å². The highest BCUT2D eigenvalue weighted by molar-refractivity contribution is 7.80. The first kappa shape index (κ1) is 23.7. The average Bonchev–Trinajstić information content (AvgIpc) is 3.34. The number of aromatic nitrogens is 1. The summed E-state index contributed by atoms with van der Waals surface area (Å²) >= 11 is 5.81. The molecule has 2 heterocycles. The Balaban J connectivity index is 1.43. The van der Waals surface area contributed by atoms with Crippen LogP contribution in [0.4, 0.5) is 5.69 Å². The summed E-state index contributed by atoms with van der Waals surface area (Å²) in [7, 11) is 0. The summed E-state index contributed by atoms with van der Waals surface area (Å²) in [6.45, 7) is 5.56. The Morgan fingerprint density at radius 3 is 2.67 bits per heavy atom. The molecule has 0 fully saturated rings. The number of aromatic amines is 1. The first-order valence-electron chi connectivity index (χ1n) is 11.8. The first-order chi connectivity index (χ1) is 17.5. The number of fused-ring (bicyclic) bond motifs is 2. The summed E-state index contributed by atoms with van der Waals surface area (Å²) in [6, 6.07) is 21.4. The maximum absolute atomic E-state index is 13.0. The minimum atomic E-state index is -0.128. The van der Waals surface area contributed by atoms with Crippen LogP contribution in [0, 0.1) is 6.92 Å². The second-order valence-corrected chi connectivity index (χ2v) is 8.98. The van der Waals surface area contributed by atoms with Crippen LogP contribution in [0.25, 0.3) is 10.9 Å². The van der Waals surface area contributed by atoms with E-state index < -0.39 is 0 Å². The Bertz CT molecular complexity index is 1470. The molecule has 2 N–H and O–H groups in total. The van der Waals surface area contributed by atoms with Crippen LogP contribution in [0.1, 0.15) is 23.6 Å². The average molecular weight is 502 g/mol. The number of benzene rings is 3. The predicted molar refractivity (Wildman–Crippen MR) is 145 cm³/mol. The van der Waals surface area contributed by atoms with Crippen molar-refractivity contribution in [3.8, 4) is 17.2 Å². The molecule has 1 aliphatic heterocycles. The number of para-hydroxylation sites is 1. The zero-order valence-electron chi connectivity index (χ0n) is 20.2. The lowest BCUT2D eigenvalue weighted by Crippen LogP contribution is -2.35. The first-order valence-corrected chi connectivity index (χ1v) is 12.2. The summed E-state index contributed by atoms with van der Waals surface area (Å²) in [6.07, 6.45) is 0. The fourth-order valence-corrected chi connectivity index (χ4v) is 4.46. The summed E-state index contributed by atoms with van der Waals surface area (Å²) in [5.74, 6) is 2.22. The molecule has 0 aliphatic carbocycles. The smallest absolute Gasteiger partial charge is 0.253 e. The van der Waals surface area contributed by atoms with Crippen LogP contribution >= 0.6 is 12.2 Å². The van der Waals surface area contributed by atoms with Crippen molar-refractivity contribution in [1.29, 1.82) is 0 Å². The largest absolute Gasteiger partial charge is 0.494 e. The maximum Gasteiger partial charge on any atom is 0.253 e. The van der Waals surface area contributed by atoms with Gasteiger partial charge in [0.05, 0.1) is 18.7 Å². The second kappa shape index (κ2) is 10.3. The van der Waals surface area contributed by atoms with E-state index in [1.54, 1.807) is 0 Å². The van der Waals surface area contributed by atoms with Crippen molar-refractivity contribution in [2.75, 3.05) is 18.7 Å². The van der Waals surface area contributed by atoms with Gasteiger partial charge in [0.25, 0.3) is 5.56 Å². The molecule has 4 aromatic rings. The molecular formula is C28H27N3O4S. The lowest BCUT2D eigenvalue weighted by molar-refractivity contribution is 0.174. The SMILES string of the molecule is CCOc1ccc(NC(=S)N(Cc2ccc3c(c2)OCO3)Cc2cc3cccc(C)c3[nH]c2=O)cc1. The topological polar surface area (TPSA) is 75.8 Å². The number of pyridine rings is 1. The van der Waals surface area contributed by atoms with Gasteiger partial charge in [0.2, 0.25) is 6.79 Å². The number of hydrogen-bond acceptors (Lipinski definition) is 5. The standard InChI is InChI=1S/C28H27N3O4S/c1-3-33-23-10-8-22(9-11-23)29-28(36)31(15-19-7-12-24-25(13-19)35-17-34-24)16-21-14-20-6-4-5-18(2)26(20)30-27(21)32/h4-14H,3,15-17H2,1-2H3,(H,29,36)(H,30,32). The molecular weight excluding hydrogens is 474 g/mol. The highest BCUT2D eigenvalue weighted by Crippen LogP contribution is 2.33. The number of rotatable bonds is 7. The van der Waals surface area contributed by atoms with E-state index in [1.807, 2.05) is 85.5 Å². The van der Waals surface area contributed by atoms with Gasteiger partial charge in [0.1, 0.15) is 5.75 Å². The summed E-state index contributed by atoms with van der Waals surface area (Å²) in [5, 5.41) is 4.79. The van der Waals surface area contributed by atoms with Gasteiger partial charge in [0, 0.05) is 17.8 Å². The molecule has 36 heavy (non-hydrogen) atoms. The van der Waals surface area contributed by atoms with Crippen LogP contribution in [0.2, 0.25) is 0 Å². The van der Waals surface area contributed by atoms with E-state index in [9.17, 15) is 4.79 Å². The quantitative estimate of drug-likeness (QED) is 0.330. The Hall–Kier alpha value is -4.04. The number of nitrogens with one attached hydrogen (secondary N) is 2. The molecule has 0 unspecified atom stereocenters. The predicted octanol–water partition coefficient (Wildman–Crippen LogP) is 5.36. The molecule has 3 aromatic carbocycles. The van der Waals surface area contributed by atoms with Crippen LogP contribution in [-0.2, 0) is 13.1 Å². The molecule has 0 radical (unpaired) electrons. The molecule has 0 spiro atoms. The van der Waals surface area contributed by atoms with Gasteiger partial charge in [-0.25, -0.2) is 0 Å². The number of thiocarbonyl (C=S) groups is 1. The van der Waals surface area contributed by atoms with Crippen molar-refractivity contribution < 1.29 is 14.2 Å². The molecule has 8 heteroatoms. The lowest BCUT2D eigenvalue weighted by Gasteiger charge is -2.26. The van der Waals surface area contributed by atoms with Gasteiger partial charge in [-0.05, 0) is 85.0 Å². The van der Waals surface area contributed by atoms with Crippen molar-refractivity contribution in [3.05, 3.63) is 93.8 Å². The highest BCUT2D eigenvalue weighted by atomic mass is 32.1. The molecule has 184 valence electrons. The number of hydrogen-bond donors (Lipinski definition) is 2. The van der Waals surface area contributed by atoms with E-state index in [4.69, 9.17) is 26.4 Å². The Morgan fingerprint density at radius 1 is 1.06 bits per heavy atom. The summed E-state index contributed by atoms with van der Waals surface area (Å²) < 4.78 is 16.5. The van der Waals surface area contributed by atoms with Gasteiger partial charge >= 0.3 is 0 Å². The Labute approximate surface area is 214 Å². The second-order valence-electron chi connectivity index (χ2n) is 8.59. The number of H-pyrrole nitrogens is 1. The van der Waals surface area contributed by atoms with Gasteiger partial charge < -0.3 is 29.4 Å². The van der Waals surface area contributed by atoms with Crippen LogP contribution in [-0.4, -0.2) is 28.4 Å². The van der Waals surface area contributed by atoms with Gasteiger partial charge in [0.15, 0.2) is 16.6 Å². The fraction of sp³-hybridized carbons (Fsp3) is 0.214. The molecule has 0 saturated carbocycles. The lowest BCUT2D eigenvalue weighted by atomic mass is 10.1. The number of nitrogens with zero attached hydrogens (tertiary/aromatic N) is 1. The van der Waals surface area contributed by atoms with Gasteiger partial charge in [-0.3, -0.25) is 4.79 Å². The molecule has 0 saturated heterocycles. The zero-order valence-corrected chi connectivity index (χ0v) is 21.0. The van der Waals surface area contributed by atoms with E-state index in [2.05, 4.69) is 10.3 Å². The van der Waals surface area contributed by atoms with Crippen molar-refractivity contribution in [3.63, 3.8) is 0 Å². The number of aryl methyl sites for hydroxylation is 1. The monoisotopic (exact) mass is 501 g/mol. The summed E-state index contributed by atoms with van der Waals surface area (Å²) in [5.41, 5.74) is 4.20. The van der Waals surface area contributed by atoms with E-state index in [-0.39, 0.29) is 12.4 Å². The molecule has 5 rings (SSSR count). The van der Waals surface area contributed by atoms with E-state index in [0.29, 0.717) is 36.1 Å². The molecule has 1 aliphatic rings. The van der Waals surface area contributed by atoms with E-state index >= 15 is 0 Å². The van der Waals surface area contributed by atoms with Crippen LogP contribution in [0.15, 0.2) is 71.5 Å². The molecule has 0 atom stereocenters. The molecule has 0 bridgehead atoms. The zero-order chi connectivity index (χ0) is 25.1.